The van der Waals surface area contributed by atoms with Gasteiger partial charge in [0.1, 0.15) is 10.5 Å². The summed E-state index contributed by atoms with van der Waals surface area (Å²) in [7, 11) is 1.65. The van der Waals surface area contributed by atoms with Gasteiger partial charge in [0, 0.05) is 43.3 Å². The van der Waals surface area contributed by atoms with Crippen LogP contribution >= 0.6 is 0 Å². The first-order valence-electron chi connectivity index (χ1n) is 9.25. The summed E-state index contributed by atoms with van der Waals surface area (Å²) in [5.74, 6) is 1.25. The number of hydrogen-bond acceptors (Lipinski definition) is 4. The molecule has 0 radical (unpaired) electrons. The largest absolute Gasteiger partial charge is 0.597 e. The first-order chi connectivity index (χ1) is 12.1. The van der Waals surface area contributed by atoms with Crippen molar-refractivity contribution in [3.63, 3.8) is 0 Å². The predicted molar refractivity (Wildman–Crippen MR) is 104 cm³/mol. The zero-order valence-electron chi connectivity index (χ0n) is 16.4. The molecule has 2 aliphatic heterocycles. The molecule has 3 atom stereocenters. The molecular formula is C20H30N2O3S. The van der Waals surface area contributed by atoms with E-state index in [1.807, 2.05) is 49.9 Å². The number of carbonyl (C=O) groups excluding carboxylic acids is 1. The maximum absolute atomic E-state index is 12.9. The second-order valence-electron chi connectivity index (χ2n) is 8.59. The molecule has 2 heterocycles. The van der Waals surface area contributed by atoms with E-state index < -0.39 is 11.4 Å². The molecule has 0 N–H and O–H groups in total. The third-order valence-electron chi connectivity index (χ3n) is 5.74. The van der Waals surface area contributed by atoms with Crippen LogP contribution in [0.5, 0.6) is 5.75 Å². The lowest BCUT2D eigenvalue weighted by molar-refractivity contribution is -0.128. The molecule has 2 aliphatic rings. The van der Waals surface area contributed by atoms with Gasteiger partial charge in [0.2, 0.25) is 5.91 Å². The number of ether oxygens (including phenoxy) is 1. The van der Waals surface area contributed by atoms with Gasteiger partial charge in [-0.25, -0.2) is 0 Å². The molecule has 144 valence electrons. The van der Waals surface area contributed by atoms with Gasteiger partial charge >= 0.3 is 0 Å². The number of rotatable bonds is 5. The lowest BCUT2D eigenvalue weighted by Gasteiger charge is -2.53. The zero-order valence-corrected chi connectivity index (χ0v) is 17.3. The van der Waals surface area contributed by atoms with Crippen molar-refractivity contribution in [2.75, 3.05) is 20.2 Å². The molecular weight excluding hydrogens is 348 g/mol. The van der Waals surface area contributed by atoms with E-state index in [0.29, 0.717) is 13.0 Å². The molecule has 1 aromatic rings. The predicted octanol–water partition coefficient (Wildman–Crippen LogP) is 2.97. The van der Waals surface area contributed by atoms with Crippen LogP contribution in [-0.4, -0.2) is 50.2 Å². The fourth-order valence-electron chi connectivity index (χ4n) is 3.86. The first-order valence-corrected chi connectivity index (χ1v) is 10.4. The summed E-state index contributed by atoms with van der Waals surface area (Å²) >= 11 is -1.04. The van der Waals surface area contributed by atoms with Gasteiger partial charge in [0.05, 0.1) is 12.6 Å². The van der Waals surface area contributed by atoms with Gasteiger partial charge in [-0.15, -0.1) is 4.31 Å². The van der Waals surface area contributed by atoms with Crippen LogP contribution in [0, 0.1) is 5.92 Å². The Morgan fingerprint density at radius 1 is 1.31 bits per heavy atom. The highest BCUT2D eigenvalue weighted by Gasteiger charge is 2.57. The Morgan fingerprint density at radius 3 is 2.46 bits per heavy atom. The smallest absolute Gasteiger partial charge is 0.223 e. The van der Waals surface area contributed by atoms with Crippen molar-refractivity contribution in [2.45, 2.75) is 57.4 Å². The maximum Gasteiger partial charge on any atom is 0.223 e. The van der Waals surface area contributed by atoms with Crippen molar-refractivity contribution < 1.29 is 14.1 Å². The zero-order chi connectivity index (χ0) is 19.1. The monoisotopic (exact) mass is 378 g/mol. The molecule has 1 aromatic carbocycles. The average molecular weight is 379 g/mol. The lowest BCUT2D eigenvalue weighted by atomic mass is 9.77. The summed E-state index contributed by atoms with van der Waals surface area (Å²) in [6.45, 7) is 10.4. The Bertz CT molecular complexity index is 658. The Hall–Kier alpha value is -1.24. The van der Waals surface area contributed by atoms with E-state index >= 15 is 0 Å². The van der Waals surface area contributed by atoms with E-state index in [9.17, 15) is 9.35 Å². The van der Waals surface area contributed by atoms with Gasteiger partial charge in [-0.1, -0.05) is 12.1 Å². The van der Waals surface area contributed by atoms with E-state index in [0.717, 1.165) is 30.8 Å². The molecule has 2 fully saturated rings. The van der Waals surface area contributed by atoms with Crippen LogP contribution in [0.15, 0.2) is 24.3 Å². The third-order valence-corrected chi connectivity index (χ3v) is 7.79. The minimum absolute atomic E-state index is 0.150. The Morgan fingerprint density at radius 2 is 1.96 bits per heavy atom. The maximum atomic E-state index is 12.9. The molecule has 5 nitrogen and oxygen atoms in total. The highest BCUT2D eigenvalue weighted by Crippen LogP contribution is 2.45. The molecule has 6 heteroatoms. The van der Waals surface area contributed by atoms with Crippen LogP contribution in [0.1, 0.15) is 46.1 Å². The van der Waals surface area contributed by atoms with Crippen molar-refractivity contribution in [1.82, 2.24) is 9.21 Å². The van der Waals surface area contributed by atoms with Crippen molar-refractivity contribution in [3.05, 3.63) is 29.8 Å². The molecule has 2 saturated heterocycles. The summed E-state index contributed by atoms with van der Waals surface area (Å²) in [6.07, 6.45) is 1.55. The number of amides is 1. The van der Waals surface area contributed by atoms with Crippen molar-refractivity contribution >= 4 is 17.3 Å². The van der Waals surface area contributed by atoms with Crippen molar-refractivity contribution in [3.8, 4) is 5.75 Å². The molecule has 0 aliphatic carbocycles. The first kappa shape index (κ1) is 19.5. The molecule has 0 spiro atoms. The van der Waals surface area contributed by atoms with Gasteiger partial charge in [-0.3, -0.25) is 4.79 Å². The number of benzene rings is 1. The van der Waals surface area contributed by atoms with E-state index in [-0.39, 0.29) is 22.1 Å². The van der Waals surface area contributed by atoms with Gasteiger partial charge in [0.15, 0.2) is 0 Å². The fourth-order valence-corrected chi connectivity index (χ4v) is 5.40. The average Bonchev–Trinajstić information content (AvgIpc) is 2.94. The summed E-state index contributed by atoms with van der Waals surface area (Å²) in [4.78, 5) is 14.5. The van der Waals surface area contributed by atoms with Crippen LogP contribution in [-0.2, 0) is 22.7 Å². The van der Waals surface area contributed by atoms with E-state index in [1.165, 1.54) is 0 Å². The Kier molecular flexibility index (Phi) is 5.30. The normalized spacial score (nSPS) is 28.2. The summed E-state index contributed by atoms with van der Waals surface area (Å²) in [5, 5.41) is 0. The van der Waals surface area contributed by atoms with Crippen LogP contribution < -0.4 is 4.74 Å². The topological polar surface area (TPSA) is 55.8 Å². The van der Waals surface area contributed by atoms with E-state index in [4.69, 9.17) is 4.74 Å². The SMILES string of the molecule is COc1ccc(CN2CC(C3(C)CCN3[S+]([O-])C(C)(C)C)CC2=O)cc1. The minimum atomic E-state index is -1.04. The highest BCUT2D eigenvalue weighted by molar-refractivity contribution is 7.90. The molecule has 1 amide bonds. The summed E-state index contributed by atoms with van der Waals surface area (Å²) in [5.41, 5.74) is 0.955. The second kappa shape index (κ2) is 7.06. The molecule has 3 rings (SSSR count). The minimum Gasteiger partial charge on any atom is -0.597 e. The van der Waals surface area contributed by atoms with Gasteiger partial charge in [-0.05, 0) is 51.8 Å². The third kappa shape index (κ3) is 3.59. The van der Waals surface area contributed by atoms with Gasteiger partial charge in [0.25, 0.3) is 0 Å². The molecule has 3 unspecified atom stereocenters. The number of likely N-dealkylation sites (tertiary alicyclic amines) is 1. The van der Waals surface area contributed by atoms with Crippen LogP contribution in [0.25, 0.3) is 0 Å². The van der Waals surface area contributed by atoms with E-state index in [2.05, 4.69) is 11.2 Å². The highest BCUT2D eigenvalue weighted by atomic mass is 32.2. The molecule has 0 saturated carbocycles. The summed E-state index contributed by atoms with van der Waals surface area (Å²) in [6, 6.07) is 7.86. The quantitative estimate of drug-likeness (QED) is 0.739. The van der Waals surface area contributed by atoms with Crippen molar-refractivity contribution in [2.24, 2.45) is 5.92 Å². The van der Waals surface area contributed by atoms with Crippen molar-refractivity contribution in [1.29, 1.82) is 0 Å². The van der Waals surface area contributed by atoms with E-state index in [1.54, 1.807) is 7.11 Å². The van der Waals surface area contributed by atoms with Crippen LogP contribution in [0.2, 0.25) is 0 Å². The molecule has 26 heavy (non-hydrogen) atoms. The number of methoxy groups -OCH3 is 1. The number of nitrogens with zero attached hydrogens (tertiary/aromatic N) is 2. The van der Waals surface area contributed by atoms with Crippen LogP contribution in [0.3, 0.4) is 0 Å². The van der Waals surface area contributed by atoms with Gasteiger partial charge < -0.3 is 14.2 Å². The Labute approximate surface area is 160 Å². The summed E-state index contributed by atoms with van der Waals surface area (Å²) < 4.78 is 19.9. The standard InChI is InChI=1S/C20H30N2O3S/c1-19(2,3)26(24)22-11-10-20(22,4)16-12-18(23)21(14-16)13-15-6-8-17(25-5)9-7-15/h6-9,16H,10-14H2,1-5H3. The second-order valence-corrected chi connectivity index (χ2v) is 10.8. The lowest BCUT2D eigenvalue weighted by Crippen LogP contribution is -2.66. The molecule has 0 bridgehead atoms. The fraction of sp³-hybridized carbons (Fsp3) is 0.650. The molecule has 0 aromatic heterocycles. The number of hydrogen-bond donors (Lipinski definition) is 0. The number of carbonyl (C=O) groups is 1. The Balaban J connectivity index is 1.67. The van der Waals surface area contributed by atoms with Crippen LogP contribution in [0.4, 0.5) is 0 Å². The van der Waals surface area contributed by atoms with Gasteiger partial charge in [-0.2, -0.15) is 0 Å².